The molecule has 0 saturated heterocycles. The quantitative estimate of drug-likeness (QED) is 0.0323. The number of rotatable bonds is 22. The Morgan fingerprint density at radius 1 is 0.438 bits per heavy atom. The number of methoxy groups -OCH3 is 2. The fourth-order valence-electron chi connectivity index (χ4n) is 4.31. The Kier molecular flexibility index (Phi) is 47.1. The molecule has 19 nitrogen and oxygen atoms in total. The Morgan fingerprint density at radius 3 is 0.945 bits per heavy atom. The fourth-order valence-corrected chi connectivity index (χ4v) is 6.84. The summed E-state index contributed by atoms with van der Waals surface area (Å²) < 4.78 is 48.7. The number of carbonyl (C=O) groups excluding carboxylic acids is 8. The lowest BCUT2D eigenvalue weighted by Crippen LogP contribution is -2.45. The standard InChI is InChI=1S/C12H23NO4.2C11H20O4.C10H20O4S2.C7H14O2.CH4/c1-10(14)16-8-6-13(12(3,4)5)7-9-17-11(2)15;2*1-8(12)14-6-10(11(3,4)5)7-15-9(2)13;1-10(2,3)7-16-15-6-8(11)14-9(12-4)13-5;1-6(8)9-5-7(2,3)4;/h6-9H2,1-5H3;2*10H,6-7H2,1-5H3;9H,6-7H2,1-5H3;5H2,1-4H3;1H4. The maximum atomic E-state index is 11.3. The molecule has 73 heavy (non-hydrogen) atoms. The third-order valence-corrected chi connectivity index (χ3v) is 11.5. The molecule has 0 rings (SSSR count). The summed E-state index contributed by atoms with van der Waals surface area (Å²) >= 11 is 0. The van der Waals surface area contributed by atoms with Gasteiger partial charge in [0.05, 0.1) is 33.0 Å². The van der Waals surface area contributed by atoms with Crippen molar-refractivity contribution < 1.29 is 85.7 Å². The maximum Gasteiger partial charge on any atom is 0.320 e. The minimum absolute atomic E-state index is 0. The van der Waals surface area contributed by atoms with Crippen LogP contribution in [0, 0.1) is 33.5 Å². The molecule has 0 aliphatic carbocycles. The predicted octanol–water partition coefficient (Wildman–Crippen LogP) is 9.53. The number of esters is 8. The Labute approximate surface area is 448 Å². The van der Waals surface area contributed by atoms with E-state index in [1.807, 2.05) is 62.3 Å². The summed E-state index contributed by atoms with van der Waals surface area (Å²) in [5.74, 6) is -1.02. The van der Waals surface area contributed by atoms with Gasteiger partial charge in [-0.2, -0.15) is 0 Å². The van der Waals surface area contributed by atoms with Crippen LogP contribution >= 0.6 is 21.6 Å². The molecule has 0 bridgehead atoms. The lowest BCUT2D eigenvalue weighted by atomic mass is 9.82. The molecular formula is C52H101NO18S2. The van der Waals surface area contributed by atoms with Crippen LogP contribution in [0.1, 0.15) is 160 Å². The van der Waals surface area contributed by atoms with Crippen LogP contribution in [-0.4, -0.2) is 150 Å². The zero-order chi connectivity index (χ0) is 57.7. The first kappa shape index (κ1) is 80.7. The van der Waals surface area contributed by atoms with Crippen LogP contribution in [-0.2, 0) is 85.7 Å². The molecule has 0 spiro atoms. The summed E-state index contributed by atoms with van der Waals surface area (Å²) in [4.78, 5) is 87.7. The zero-order valence-corrected chi connectivity index (χ0v) is 50.3. The van der Waals surface area contributed by atoms with Crippen LogP contribution in [0.2, 0.25) is 0 Å². The largest absolute Gasteiger partial charge is 0.465 e. The van der Waals surface area contributed by atoms with Crippen LogP contribution in [0.3, 0.4) is 0 Å². The third kappa shape index (κ3) is 64.4. The molecule has 0 atom stereocenters. The first-order chi connectivity index (χ1) is 32.5. The van der Waals surface area contributed by atoms with Crippen molar-refractivity contribution in [2.75, 3.05) is 85.1 Å². The first-order valence-electron chi connectivity index (χ1n) is 23.7. The van der Waals surface area contributed by atoms with E-state index >= 15 is 0 Å². The van der Waals surface area contributed by atoms with Crippen LogP contribution < -0.4 is 0 Å². The SMILES string of the molecule is C.CC(=O)OCC(C)(C)C.CC(=O)OCC(COC(C)=O)C(C)(C)C.CC(=O)OCC(COC(C)=O)C(C)(C)C.CC(=O)OCCN(CCOC(C)=O)C(C)(C)C.COC(OC)OC(=O)CSSCC(C)(C)C. The molecule has 0 radical (unpaired) electrons. The molecule has 21 heteroatoms. The predicted molar refractivity (Wildman–Crippen MR) is 288 cm³/mol. The smallest absolute Gasteiger partial charge is 0.320 e. The van der Waals surface area contributed by atoms with Crippen LogP contribution in [0.4, 0.5) is 0 Å². The molecule has 0 aromatic rings. The van der Waals surface area contributed by atoms with Crippen molar-refractivity contribution in [2.45, 2.75) is 172 Å². The second kappa shape index (κ2) is 42.6. The first-order valence-corrected chi connectivity index (χ1v) is 26.2. The van der Waals surface area contributed by atoms with Crippen molar-refractivity contribution in [1.29, 1.82) is 0 Å². The Hall–Kier alpha value is -3.66. The van der Waals surface area contributed by atoms with Crippen LogP contribution in [0.25, 0.3) is 0 Å². The molecule has 0 N–H and O–H groups in total. The molecule has 0 aliphatic rings. The molecule has 0 unspecified atom stereocenters. The highest BCUT2D eigenvalue weighted by Crippen LogP contribution is 2.30. The molecule has 0 aromatic carbocycles. The van der Waals surface area contributed by atoms with E-state index in [4.69, 9.17) is 47.4 Å². The van der Waals surface area contributed by atoms with E-state index in [0.717, 1.165) is 5.75 Å². The Bertz CT molecular complexity index is 1430. The molecule has 0 fully saturated rings. The van der Waals surface area contributed by atoms with Gasteiger partial charge in [-0.1, -0.05) is 112 Å². The summed E-state index contributed by atoms with van der Waals surface area (Å²) in [5.41, 5.74) is 0.172. The van der Waals surface area contributed by atoms with E-state index in [2.05, 4.69) is 46.4 Å². The monoisotopic (exact) mass is 1090 g/mol. The molecule has 434 valence electrons. The number of hydrogen-bond donors (Lipinski definition) is 0. The van der Waals surface area contributed by atoms with Crippen LogP contribution in [0.15, 0.2) is 0 Å². The summed E-state index contributed by atoms with van der Waals surface area (Å²) in [6, 6.07) is 0. The average Bonchev–Trinajstić information content (AvgIpc) is 3.18. The number of carbonyl (C=O) groups is 8. The van der Waals surface area contributed by atoms with Gasteiger partial charge in [-0.15, -0.1) is 0 Å². The molecule has 0 heterocycles. The minimum atomic E-state index is -0.902. The summed E-state index contributed by atoms with van der Waals surface area (Å²) in [6.07, 6.45) is 0. The summed E-state index contributed by atoms with van der Waals surface area (Å²) in [7, 11) is 5.99. The van der Waals surface area contributed by atoms with E-state index in [-0.39, 0.29) is 121 Å². The van der Waals surface area contributed by atoms with Gasteiger partial charge in [0.1, 0.15) is 19.0 Å². The van der Waals surface area contributed by atoms with Crippen molar-refractivity contribution in [3.05, 3.63) is 0 Å². The van der Waals surface area contributed by atoms with Crippen LogP contribution in [0.5, 0.6) is 0 Å². The second-order valence-corrected chi connectivity index (χ2v) is 24.3. The fraction of sp³-hybridized carbons (Fsp3) is 0.846. The van der Waals surface area contributed by atoms with Gasteiger partial charge in [0, 0.05) is 98.9 Å². The van der Waals surface area contributed by atoms with Gasteiger partial charge < -0.3 is 47.4 Å². The molecular weight excluding hydrogens is 991 g/mol. The van der Waals surface area contributed by atoms with E-state index in [1.54, 1.807) is 10.8 Å². The number of nitrogens with zero attached hydrogens (tertiary/aromatic N) is 1. The zero-order valence-electron chi connectivity index (χ0n) is 48.6. The highest BCUT2D eigenvalue weighted by atomic mass is 33.1. The molecule has 0 saturated carbocycles. The van der Waals surface area contributed by atoms with Gasteiger partial charge in [-0.25, -0.2) is 0 Å². The van der Waals surface area contributed by atoms with Gasteiger partial charge in [0.15, 0.2) is 0 Å². The van der Waals surface area contributed by atoms with E-state index in [1.165, 1.54) is 73.5 Å². The summed E-state index contributed by atoms with van der Waals surface area (Å²) in [5, 5.41) is 0. The number of ether oxygens (including phenoxy) is 10. The highest BCUT2D eigenvalue weighted by molar-refractivity contribution is 8.76. The molecule has 0 aromatic heterocycles. The highest BCUT2D eigenvalue weighted by Gasteiger charge is 2.28. The van der Waals surface area contributed by atoms with Crippen molar-refractivity contribution >= 4 is 69.3 Å². The van der Waals surface area contributed by atoms with Gasteiger partial charge in [0.2, 0.25) is 0 Å². The van der Waals surface area contributed by atoms with Crippen molar-refractivity contribution in [3.8, 4) is 0 Å². The van der Waals surface area contributed by atoms with Gasteiger partial charge in [0.25, 0.3) is 0 Å². The van der Waals surface area contributed by atoms with Gasteiger partial charge in [-0.3, -0.25) is 43.3 Å². The van der Waals surface area contributed by atoms with E-state index in [9.17, 15) is 38.4 Å². The molecule has 0 amide bonds. The van der Waals surface area contributed by atoms with Gasteiger partial charge >= 0.3 is 54.2 Å². The van der Waals surface area contributed by atoms with Crippen molar-refractivity contribution in [1.82, 2.24) is 4.90 Å². The summed E-state index contributed by atoms with van der Waals surface area (Å²) in [6.45, 7) is 43.2. The van der Waals surface area contributed by atoms with Crippen molar-refractivity contribution in [3.63, 3.8) is 0 Å². The average molecular weight is 1090 g/mol. The van der Waals surface area contributed by atoms with Gasteiger partial charge in [-0.05, 0) is 42.4 Å². The minimum Gasteiger partial charge on any atom is -0.465 e. The lowest BCUT2D eigenvalue weighted by molar-refractivity contribution is -0.253. The Morgan fingerprint density at radius 2 is 0.740 bits per heavy atom. The maximum absolute atomic E-state index is 11.3. The Balaban J connectivity index is -0.000000194. The second-order valence-electron chi connectivity index (χ2n) is 21.9. The topological polar surface area (TPSA) is 232 Å². The third-order valence-electron chi connectivity index (χ3n) is 8.76. The lowest BCUT2D eigenvalue weighted by Gasteiger charge is -2.35. The number of hydrogen-bond acceptors (Lipinski definition) is 21. The van der Waals surface area contributed by atoms with E-state index < -0.39 is 6.48 Å². The molecule has 0 aliphatic heterocycles. The normalized spacial score (nSPS) is 11.3. The van der Waals surface area contributed by atoms with Crippen molar-refractivity contribution in [2.24, 2.45) is 33.5 Å². The van der Waals surface area contributed by atoms with E-state index in [0.29, 0.717) is 38.7 Å².